The number of aliphatic imine (C=N–C) groups is 1. The van der Waals surface area contributed by atoms with E-state index in [0.717, 1.165) is 20.6 Å². The van der Waals surface area contributed by atoms with Crippen LogP contribution < -0.4 is 0 Å². The van der Waals surface area contributed by atoms with Crippen molar-refractivity contribution >= 4 is 38.7 Å². The van der Waals surface area contributed by atoms with Gasteiger partial charge in [-0.05, 0) is 46.7 Å². The first-order valence-electron chi connectivity index (χ1n) is 8.89. The van der Waals surface area contributed by atoms with Crippen molar-refractivity contribution in [3.8, 4) is 0 Å². The summed E-state index contributed by atoms with van der Waals surface area (Å²) >= 11 is 0. The highest BCUT2D eigenvalue weighted by molar-refractivity contribution is 7.89. The molecule has 0 radical (unpaired) electrons. The van der Waals surface area contributed by atoms with E-state index < -0.39 is 16.0 Å². The van der Waals surface area contributed by atoms with Gasteiger partial charge in [0.25, 0.3) is 0 Å². The first kappa shape index (κ1) is 19.0. The fourth-order valence-electron chi connectivity index (χ4n) is 2.99. The van der Waals surface area contributed by atoms with Crippen molar-refractivity contribution in [2.24, 2.45) is 4.99 Å². The highest BCUT2D eigenvalue weighted by Crippen LogP contribution is 2.23. The summed E-state index contributed by atoms with van der Waals surface area (Å²) in [5.74, 6) is -0.494. The number of cyclic esters (lactones) is 1. The molecule has 3 aromatic carbocycles. The molecular weight excluding hydrogens is 388 g/mol. The number of sulfonamides is 1. The van der Waals surface area contributed by atoms with Crippen LogP contribution in [0.2, 0.25) is 0 Å². The van der Waals surface area contributed by atoms with E-state index in [1.165, 1.54) is 26.2 Å². The molecule has 3 aromatic rings. The van der Waals surface area contributed by atoms with Crippen molar-refractivity contribution in [2.45, 2.75) is 4.90 Å². The number of carbonyl (C=O) groups excluding carboxylic acids is 1. The van der Waals surface area contributed by atoms with E-state index >= 15 is 0 Å². The van der Waals surface area contributed by atoms with Crippen LogP contribution in [0.25, 0.3) is 16.8 Å². The molecule has 146 valence electrons. The molecule has 0 unspecified atom stereocenters. The molecular formula is C22H18N2O4S. The SMILES string of the molecule is CN(C)S(=O)(=O)c1cccc(C2=N/C(=C\c3ccc4ccccc4c3)C(=O)O2)c1. The smallest absolute Gasteiger partial charge is 0.363 e. The Morgan fingerprint density at radius 1 is 0.931 bits per heavy atom. The fourth-order valence-corrected chi connectivity index (χ4v) is 3.94. The van der Waals surface area contributed by atoms with Gasteiger partial charge >= 0.3 is 5.97 Å². The van der Waals surface area contributed by atoms with E-state index in [-0.39, 0.29) is 16.5 Å². The maximum Gasteiger partial charge on any atom is 0.363 e. The minimum atomic E-state index is -3.60. The minimum absolute atomic E-state index is 0.0813. The molecule has 4 rings (SSSR count). The second kappa shape index (κ2) is 7.27. The minimum Gasteiger partial charge on any atom is -0.402 e. The summed E-state index contributed by atoms with van der Waals surface area (Å²) in [4.78, 5) is 16.7. The number of esters is 1. The van der Waals surface area contributed by atoms with E-state index in [0.29, 0.717) is 5.56 Å². The van der Waals surface area contributed by atoms with Gasteiger partial charge < -0.3 is 4.74 Å². The summed E-state index contributed by atoms with van der Waals surface area (Å²) in [6.07, 6.45) is 1.65. The quantitative estimate of drug-likeness (QED) is 0.491. The van der Waals surface area contributed by atoms with Crippen LogP contribution in [0.15, 0.2) is 82.3 Å². The molecule has 0 saturated carbocycles. The third-order valence-corrected chi connectivity index (χ3v) is 6.37. The predicted molar refractivity (Wildman–Crippen MR) is 112 cm³/mol. The van der Waals surface area contributed by atoms with E-state index in [4.69, 9.17) is 4.74 Å². The fraction of sp³-hybridized carbons (Fsp3) is 0.0909. The monoisotopic (exact) mass is 406 g/mol. The normalized spacial score (nSPS) is 15.8. The average molecular weight is 406 g/mol. The van der Waals surface area contributed by atoms with Crippen molar-refractivity contribution < 1.29 is 17.9 Å². The lowest BCUT2D eigenvalue weighted by atomic mass is 10.1. The largest absolute Gasteiger partial charge is 0.402 e. The molecule has 0 bridgehead atoms. The lowest BCUT2D eigenvalue weighted by Crippen LogP contribution is -2.22. The predicted octanol–water partition coefficient (Wildman–Crippen LogP) is 3.43. The Morgan fingerprint density at radius 3 is 2.45 bits per heavy atom. The lowest BCUT2D eigenvalue weighted by molar-refractivity contribution is -0.129. The summed E-state index contributed by atoms with van der Waals surface area (Å²) in [5, 5.41) is 2.16. The van der Waals surface area contributed by atoms with E-state index in [1.54, 1.807) is 18.2 Å². The molecule has 1 aliphatic heterocycles. The van der Waals surface area contributed by atoms with Gasteiger partial charge in [0.15, 0.2) is 5.70 Å². The van der Waals surface area contributed by atoms with Gasteiger partial charge in [0.1, 0.15) is 0 Å². The Morgan fingerprint density at radius 2 is 1.69 bits per heavy atom. The lowest BCUT2D eigenvalue weighted by Gasteiger charge is -2.11. The Bertz CT molecular complexity index is 1290. The standard InChI is InChI=1S/C22H18N2O4S/c1-24(2)29(26,27)19-9-5-8-18(14-19)21-23-20(22(25)28-21)13-15-10-11-16-6-3-4-7-17(16)12-15/h3-14H,1-2H3/b20-13-. The number of benzene rings is 3. The second-order valence-corrected chi connectivity index (χ2v) is 8.91. The molecule has 0 fully saturated rings. The average Bonchev–Trinajstić information content (AvgIpc) is 3.08. The number of hydrogen-bond acceptors (Lipinski definition) is 5. The molecule has 6 nitrogen and oxygen atoms in total. The second-order valence-electron chi connectivity index (χ2n) is 6.76. The maximum atomic E-state index is 12.3. The van der Waals surface area contributed by atoms with Crippen LogP contribution in [0.4, 0.5) is 0 Å². The van der Waals surface area contributed by atoms with E-state index in [1.807, 2.05) is 42.5 Å². The van der Waals surface area contributed by atoms with Crippen LogP contribution in [0.5, 0.6) is 0 Å². The van der Waals surface area contributed by atoms with E-state index in [2.05, 4.69) is 4.99 Å². The Hall–Kier alpha value is -3.29. The number of fused-ring (bicyclic) bond motifs is 1. The van der Waals surface area contributed by atoms with Crippen molar-refractivity contribution in [3.63, 3.8) is 0 Å². The molecule has 0 saturated heterocycles. The molecule has 0 spiro atoms. The number of nitrogens with zero attached hydrogens (tertiary/aromatic N) is 2. The van der Waals surface area contributed by atoms with Crippen LogP contribution in [0, 0.1) is 0 Å². The number of carbonyl (C=O) groups is 1. The highest BCUT2D eigenvalue weighted by Gasteiger charge is 2.26. The molecule has 0 N–H and O–H groups in total. The van der Waals surface area contributed by atoms with Crippen LogP contribution >= 0.6 is 0 Å². The van der Waals surface area contributed by atoms with Gasteiger partial charge in [0, 0.05) is 19.7 Å². The van der Waals surface area contributed by atoms with E-state index in [9.17, 15) is 13.2 Å². The van der Waals surface area contributed by atoms with Gasteiger partial charge in [0.05, 0.1) is 4.90 Å². The molecule has 1 aliphatic rings. The van der Waals surface area contributed by atoms with Crippen molar-refractivity contribution in [3.05, 3.63) is 83.6 Å². The summed E-state index contributed by atoms with van der Waals surface area (Å²) in [7, 11) is -0.686. The van der Waals surface area contributed by atoms with Gasteiger partial charge in [-0.3, -0.25) is 0 Å². The maximum absolute atomic E-state index is 12.3. The van der Waals surface area contributed by atoms with Crippen molar-refractivity contribution in [2.75, 3.05) is 14.1 Å². The molecule has 29 heavy (non-hydrogen) atoms. The zero-order valence-electron chi connectivity index (χ0n) is 15.9. The van der Waals surface area contributed by atoms with Gasteiger partial charge in [-0.2, -0.15) is 0 Å². The topological polar surface area (TPSA) is 76.0 Å². The third-order valence-electron chi connectivity index (χ3n) is 4.56. The zero-order chi connectivity index (χ0) is 20.6. The molecule has 7 heteroatoms. The number of rotatable bonds is 4. The van der Waals surface area contributed by atoms with Gasteiger partial charge in [0.2, 0.25) is 15.9 Å². The van der Waals surface area contributed by atoms with Crippen molar-refractivity contribution in [1.82, 2.24) is 4.31 Å². The van der Waals surface area contributed by atoms with Crippen LogP contribution in [0.1, 0.15) is 11.1 Å². The van der Waals surface area contributed by atoms with Gasteiger partial charge in [-0.25, -0.2) is 22.5 Å². The van der Waals surface area contributed by atoms with Gasteiger partial charge in [-0.1, -0.05) is 42.5 Å². The molecule has 0 atom stereocenters. The van der Waals surface area contributed by atoms with Crippen LogP contribution in [-0.2, 0) is 19.6 Å². The Labute approximate surface area is 168 Å². The summed E-state index contributed by atoms with van der Waals surface area (Å²) < 4.78 is 31.1. The summed E-state index contributed by atoms with van der Waals surface area (Å²) in [6.45, 7) is 0. The summed E-state index contributed by atoms with van der Waals surface area (Å²) in [6, 6.07) is 20.0. The highest BCUT2D eigenvalue weighted by atomic mass is 32.2. The molecule has 0 aliphatic carbocycles. The first-order valence-corrected chi connectivity index (χ1v) is 10.3. The Kier molecular flexibility index (Phi) is 4.77. The number of ether oxygens (including phenoxy) is 1. The third kappa shape index (κ3) is 3.70. The molecule has 0 aromatic heterocycles. The zero-order valence-corrected chi connectivity index (χ0v) is 16.7. The summed E-state index contributed by atoms with van der Waals surface area (Å²) in [5.41, 5.74) is 1.41. The van der Waals surface area contributed by atoms with Crippen LogP contribution in [0.3, 0.4) is 0 Å². The Balaban J connectivity index is 1.69. The molecule has 1 heterocycles. The number of hydrogen-bond donors (Lipinski definition) is 0. The van der Waals surface area contributed by atoms with Crippen molar-refractivity contribution in [1.29, 1.82) is 0 Å². The molecule has 0 amide bonds. The first-order chi connectivity index (χ1) is 13.8. The van der Waals surface area contributed by atoms with Gasteiger partial charge in [-0.15, -0.1) is 0 Å². The van der Waals surface area contributed by atoms with Crippen LogP contribution in [-0.4, -0.2) is 38.7 Å².